The maximum atomic E-state index is 11.5. The standard InChI is InChI=1S/C11H14O3S.C11H14OS.CH2Cl2/c1-3-15(13,14)11-6-4-10(5-7-11)8-9(2)12;1-3-13-11-6-4-10(5-7-11)8-9(2)12;2-1-3/h4-7H,3,8H2,1-2H3;4-7H,3,8H2,1-2H3;1H2. The second kappa shape index (κ2) is 16.3. The van der Waals surface area contributed by atoms with Crippen LogP contribution >= 0.6 is 35.0 Å². The van der Waals surface area contributed by atoms with Crippen LogP contribution in [0.5, 0.6) is 0 Å². The highest BCUT2D eigenvalue weighted by Crippen LogP contribution is 2.18. The molecule has 0 aliphatic heterocycles. The Labute approximate surface area is 200 Å². The van der Waals surface area contributed by atoms with E-state index in [4.69, 9.17) is 23.2 Å². The number of hydrogen-bond donors (Lipinski definition) is 0. The van der Waals surface area contributed by atoms with E-state index >= 15 is 0 Å². The molecule has 0 heterocycles. The molecular weight excluding hydrogens is 475 g/mol. The number of Topliss-reactive ketones (excluding diaryl/α,β-unsaturated/α-hetero) is 2. The van der Waals surface area contributed by atoms with Crippen LogP contribution in [-0.4, -0.2) is 36.8 Å². The lowest BCUT2D eigenvalue weighted by atomic mass is 10.1. The minimum absolute atomic E-state index is 0.0705. The lowest BCUT2D eigenvalue weighted by Crippen LogP contribution is -2.04. The fourth-order valence-electron chi connectivity index (χ4n) is 2.43. The number of carbonyl (C=O) groups is 2. The van der Waals surface area contributed by atoms with E-state index in [1.54, 1.807) is 38.1 Å². The van der Waals surface area contributed by atoms with Gasteiger partial charge in [0.2, 0.25) is 0 Å². The fourth-order valence-corrected chi connectivity index (χ4v) is 3.97. The average molecular weight is 506 g/mol. The van der Waals surface area contributed by atoms with Crippen LogP contribution in [0, 0.1) is 0 Å². The number of benzene rings is 2. The SMILES string of the molecule is CCS(=O)(=O)c1ccc(CC(C)=O)cc1.CCSc1ccc(CC(C)=O)cc1.ClCCl. The molecule has 2 aromatic carbocycles. The fraction of sp³-hybridized carbons (Fsp3) is 0.391. The number of hydrogen-bond acceptors (Lipinski definition) is 5. The van der Waals surface area contributed by atoms with E-state index in [0.717, 1.165) is 16.9 Å². The number of alkyl halides is 2. The van der Waals surface area contributed by atoms with Gasteiger partial charge in [-0.05, 0) is 55.0 Å². The van der Waals surface area contributed by atoms with Crippen molar-refractivity contribution >= 4 is 56.4 Å². The van der Waals surface area contributed by atoms with E-state index in [0.29, 0.717) is 17.7 Å². The maximum absolute atomic E-state index is 11.5. The Balaban J connectivity index is 0.000000519. The summed E-state index contributed by atoms with van der Waals surface area (Å²) >= 11 is 11.3. The van der Waals surface area contributed by atoms with Gasteiger partial charge in [-0.1, -0.05) is 38.1 Å². The summed E-state index contributed by atoms with van der Waals surface area (Å²) in [5.74, 6) is 1.47. The van der Waals surface area contributed by atoms with Gasteiger partial charge in [-0.25, -0.2) is 8.42 Å². The summed E-state index contributed by atoms with van der Waals surface area (Å²) < 4.78 is 22.9. The molecule has 4 nitrogen and oxygen atoms in total. The third kappa shape index (κ3) is 13.6. The summed E-state index contributed by atoms with van der Waals surface area (Å²) in [6.07, 6.45) is 0.906. The zero-order chi connectivity index (χ0) is 23.9. The summed E-state index contributed by atoms with van der Waals surface area (Å²) in [4.78, 5) is 23.2. The summed E-state index contributed by atoms with van der Waals surface area (Å²) in [6.45, 7) is 6.87. The molecule has 2 aromatic rings. The molecule has 0 aliphatic carbocycles. The Morgan fingerprint density at radius 2 is 1.19 bits per heavy atom. The maximum Gasteiger partial charge on any atom is 0.178 e. The van der Waals surface area contributed by atoms with Crippen molar-refractivity contribution in [1.82, 2.24) is 0 Å². The topological polar surface area (TPSA) is 68.3 Å². The third-order valence-electron chi connectivity index (χ3n) is 3.80. The average Bonchev–Trinajstić information content (AvgIpc) is 2.70. The summed E-state index contributed by atoms with van der Waals surface area (Å²) in [5.41, 5.74) is 1.95. The molecule has 0 unspecified atom stereocenters. The normalized spacial score (nSPS) is 10.3. The molecule has 31 heavy (non-hydrogen) atoms. The van der Waals surface area contributed by atoms with Gasteiger partial charge in [0.25, 0.3) is 0 Å². The summed E-state index contributed by atoms with van der Waals surface area (Å²) in [5, 5.41) is 0.194. The molecule has 2 rings (SSSR count). The molecule has 0 radical (unpaired) electrons. The number of thioether (sulfide) groups is 1. The van der Waals surface area contributed by atoms with Crippen molar-refractivity contribution in [3.63, 3.8) is 0 Å². The number of carbonyl (C=O) groups excluding carboxylic acids is 2. The quantitative estimate of drug-likeness (QED) is 0.327. The van der Waals surface area contributed by atoms with E-state index in [1.165, 1.54) is 11.8 Å². The van der Waals surface area contributed by atoms with Crippen LogP contribution in [0.3, 0.4) is 0 Å². The van der Waals surface area contributed by atoms with Gasteiger partial charge < -0.3 is 0 Å². The van der Waals surface area contributed by atoms with Crippen molar-refractivity contribution in [3.8, 4) is 0 Å². The van der Waals surface area contributed by atoms with Crippen molar-refractivity contribution in [2.24, 2.45) is 0 Å². The molecule has 0 aromatic heterocycles. The van der Waals surface area contributed by atoms with Crippen LogP contribution in [0.1, 0.15) is 38.8 Å². The van der Waals surface area contributed by atoms with Crippen LogP contribution < -0.4 is 0 Å². The Bertz CT molecular complexity index is 894. The molecule has 0 saturated heterocycles. The van der Waals surface area contributed by atoms with Gasteiger partial charge in [0.1, 0.15) is 11.6 Å². The van der Waals surface area contributed by atoms with Crippen LogP contribution in [-0.2, 0) is 32.3 Å². The van der Waals surface area contributed by atoms with E-state index in [1.807, 2.05) is 23.9 Å². The van der Waals surface area contributed by atoms with Gasteiger partial charge in [0.05, 0.1) is 16.0 Å². The van der Waals surface area contributed by atoms with Crippen molar-refractivity contribution in [3.05, 3.63) is 59.7 Å². The van der Waals surface area contributed by atoms with Crippen molar-refractivity contribution in [1.29, 1.82) is 0 Å². The molecule has 8 heteroatoms. The molecular formula is C23H30Cl2O4S2. The van der Waals surface area contributed by atoms with E-state index in [9.17, 15) is 18.0 Å². The van der Waals surface area contributed by atoms with Gasteiger partial charge >= 0.3 is 0 Å². The van der Waals surface area contributed by atoms with Gasteiger partial charge in [-0.2, -0.15) is 0 Å². The highest BCUT2D eigenvalue weighted by Gasteiger charge is 2.10. The lowest BCUT2D eigenvalue weighted by molar-refractivity contribution is -0.117. The zero-order valence-corrected chi connectivity index (χ0v) is 21.5. The Morgan fingerprint density at radius 3 is 1.52 bits per heavy atom. The Morgan fingerprint density at radius 1 is 0.806 bits per heavy atom. The van der Waals surface area contributed by atoms with Gasteiger partial charge in [-0.15, -0.1) is 35.0 Å². The largest absolute Gasteiger partial charge is 0.300 e. The molecule has 0 spiro atoms. The zero-order valence-electron chi connectivity index (χ0n) is 18.4. The van der Waals surface area contributed by atoms with Gasteiger partial charge in [-0.3, -0.25) is 9.59 Å². The highest BCUT2D eigenvalue weighted by molar-refractivity contribution is 7.99. The van der Waals surface area contributed by atoms with Crippen LogP contribution in [0.2, 0.25) is 0 Å². The van der Waals surface area contributed by atoms with E-state index in [2.05, 4.69) is 19.1 Å². The molecule has 0 saturated carbocycles. The smallest absolute Gasteiger partial charge is 0.178 e. The molecule has 0 atom stereocenters. The predicted octanol–water partition coefficient (Wildman–Crippen LogP) is 5.96. The highest BCUT2D eigenvalue weighted by atomic mass is 35.5. The van der Waals surface area contributed by atoms with Gasteiger partial charge in [0.15, 0.2) is 9.84 Å². The van der Waals surface area contributed by atoms with Crippen molar-refractivity contribution in [2.45, 2.75) is 50.3 Å². The first-order valence-corrected chi connectivity index (χ1v) is 13.4. The number of sulfone groups is 1. The van der Waals surface area contributed by atoms with Crippen LogP contribution in [0.15, 0.2) is 58.3 Å². The predicted molar refractivity (Wildman–Crippen MR) is 132 cm³/mol. The number of ketones is 2. The first kappa shape index (κ1) is 29.7. The Kier molecular flexibility index (Phi) is 15.6. The Hall–Kier alpha value is -1.34. The minimum atomic E-state index is -3.13. The summed E-state index contributed by atoms with van der Waals surface area (Å²) in [7, 11) is -3.13. The van der Waals surface area contributed by atoms with Crippen LogP contribution in [0.25, 0.3) is 0 Å². The minimum Gasteiger partial charge on any atom is -0.300 e. The molecule has 0 amide bonds. The number of rotatable bonds is 8. The second-order valence-corrected chi connectivity index (χ2v) is 10.9. The van der Waals surface area contributed by atoms with E-state index < -0.39 is 9.84 Å². The number of halogens is 2. The first-order chi connectivity index (χ1) is 14.6. The molecule has 172 valence electrons. The monoisotopic (exact) mass is 504 g/mol. The van der Waals surface area contributed by atoms with Gasteiger partial charge in [0, 0.05) is 17.7 Å². The molecule has 0 aliphatic rings. The third-order valence-corrected chi connectivity index (χ3v) is 6.45. The van der Waals surface area contributed by atoms with Crippen molar-refractivity contribution in [2.75, 3.05) is 16.8 Å². The molecule has 0 N–H and O–H groups in total. The molecule has 0 bridgehead atoms. The van der Waals surface area contributed by atoms with Crippen LogP contribution in [0.4, 0.5) is 0 Å². The lowest BCUT2D eigenvalue weighted by Gasteiger charge is -2.02. The summed E-state index contributed by atoms with van der Waals surface area (Å²) in [6, 6.07) is 14.7. The van der Waals surface area contributed by atoms with Crippen molar-refractivity contribution < 1.29 is 18.0 Å². The molecule has 0 fully saturated rings. The first-order valence-electron chi connectivity index (χ1n) is 9.73. The van der Waals surface area contributed by atoms with E-state index in [-0.39, 0.29) is 22.7 Å². The second-order valence-electron chi connectivity index (χ2n) is 6.48.